The van der Waals surface area contributed by atoms with Crippen molar-refractivity contribution in [2.24, 2.45) is 0 Å². The van der Waals surface area contributed by atoms with Crippen molar-refractivity contribution in [3.8, 4) is 11.1 Å². The molecule has 0 atom stereocenters. The molecule has 0 aliphatic carbocycles. The maximum absolute atomic E-state index is 13.8. The number of hydrogen-bond donors (Lipinski definition) is 1. The molecule has 19 heavy (non-hydrogen) atoms. The SMILES string of the molecule is COC(=O)c1cc(-c2ccccc2F)cc(N)c1C. The van der Waals surface area contributed by atoms with E-state index in [9.17, 15) is 9.18 Å². The van der Waals surface area contributed by atoms with E-state index < -0.39 is 5.97 Å². The molecule has 0 aliphatic rings. The van der Waals surface area contributed by atoms with E-state index in [2.05, 4.69) is 0 Å². The zero-order valence-corrected chi connectivity index (χ0v) is 10.7. The minimum atomic E-state index is -0.484. The van der Waals surface area contributed by atoms with Crippen molar-refractivity contribution >= 4 is 11.7 Å². The summed E-state index contributed by atoms with van der Waals surface area (Å²) in [5.41, 5.74) is 8.24. The second-order valence-electron chi connectivity index (χ2n) is 4.21. The van der Waals surface area contributed by atoms with Crippen LogP contribution >= 0.6 is 0 Å². The van der Waals surface area contributed by atoms with Crippen molar-refractivity contribution in [1.29, 1.82) is 0 Å². The van der Waals surface area contributed by atoms with Crippen LogP contribution in [0.25, 0.3) is 11.1 Å². The van der Waals surface area contributed by atoms with Crippen LogP contribution < -0.4 is 5.73 Å². The number of nitrogens with two attached hydrogens (primary N) is 1. The Morgan fingerprint density at radius 3 is 2.58 bits per heavy atom. The van der Waals surface area contributed by atoms with Crippen molar-refractivity contribution in [3.63, 3.8) is 0 Å². The maximum Gasteiger partial charge on any atom is 0.338 e. The Morgan fingerprint density at radius 1 is 1.26 bits per heavy atom. The van der Waals surface area contributed by atoms with Gasteiger partial charge in [0.1, 0.15) is 5.82 Å². The minimum Gasteiger partial charge on any atom is -0.465 e. The van der Waals surface area contributed by atoms with Crippen LogP contribution in [-0.2, 0) is 4.74 Å². The van der Waals surface area contributed by atoms with E-state index in [-0.39, 0.29) is 5.82 Å². The first kappa shape index (κ1) is 13.1. The van der Waals surface area contributed by atoms with Crippen molar-refractivity contribution in [1.82, 2.24) is 0 Å². The van der Waals surface area contributed by atoms with Crippen LogP contribution in [0.15, 0.2) is 36.4 Å². The first-order valence-electron chi connectivity index (χ1n) is 5.78. The lowest BCUT2D eigenvalue weighted by Crippen LogP contribution is -2.06. The van der Waals surface area contributed by atoms with Gasteiger partial charge < -0.3 is 10.5 Å². The molecule has 0 heterocycles. The van der Waals surface area contributed by atoms with E-state index >= 15 is 0 Å². The summed E-state index contributed by atoms with van der Waals surface area (Å²) < 4.78 is 18.5. The highest BCUT2D eigenvalue weighted by atomic mass is 19.1. The molecule has 4 heteroatoms. The Hall–Kier alpha value is -2.36. The number of hydrogen-bond acceptors (Lipinski definition) is 3. The molecule has 0 amide bonds. The lowest BCUT2D eigenvalue weighted by Gasteiger charge is -2.11. The topological polar surface area (TPSA) is 52.3 Å². The Labute approximate surface area is 110 Å². The van der Waals surface area contributed by atoms with Crippen LogP contribution in [0.3, 0.4) is 0 Å². The third-order valence-electron chi connectivity index (χ3n) is 3.04. The Balaban J connectivity index is 2.64. The van der Waals surface area contributed by atoms with Crippen LogP contribution in [0.5, 0.6) is 0 Å². The molecule has 0 spiro atoms. The molecule has 0 saturated heterocycles. The van der Waals surface area contributed by atoms with Gasteiger partial charge in [0.2, 0.25) is 0 Å². The third kappa shape index (κ3) is 2.42. The molecular weight excluding hydrogens is 245 g/mol. The standard InChI is InChI=1S/C15H14FNO2/c1-9-12(15(18)19-2)7-10(8-14(9)17)11-5-3-4-6-13(11)16/h3-8H,17H2,1-2H3. The normalized spacial score (nSPS) is 10.3. The fraction of sp³-hybridized carbons (Fsp3) is 0.133. The number of ether oxygens (including phenoxy) is 1. The predicted octanol–water partition coefficient (Wildman–Crippen LogP) is 3.17. The maximum atomic E-state index is 13.8. The van der Waals surface area contributed by atoms with Crippen molar-refractivity contribution in [2.45, 2.75) is 6.92 Å². The number of nitrogen functional groups attached to an aromatic ring is 1. The van der Waals surface area contributed by atoms with E-state index in [0.717, 1.165) is 0 Å². The summed E-state index contributed by atoms with van der Waals surface area (Å²) in [6.45, 7) is 1.73. The summed E-state index contributed by atoms with van der Waals surface area (Å²) in [5.74, 6) is -0.844. The molecule has 3 nitrogen and oxygen atoms in total. The first-order valence-corrected chi connectivity index (χ1v) is 5.78. The molecule has 2 aromatic carbocycles. The van der Waals surface area contributed by atoms with Gasteiger partial charge >= 0.3 is 5.97 Å². The van der Waals surface area contributed by atoms with Crippen molar-refractivity contribution in [3.05, 3.63) is 53.3 Å². The molecule has 2 aromatic rings. The smallest absolute Gasteiger partial charge is 0.338 e. The fourth-order valence-electron chi connectivity index (χ4n) is 1.91. The van der Waals surface area contributed by atoms with Crippen LogP contribution in [0.4, 0.5) is 10.1 Å². The lowest BCUT2D eigenvalue weighted by atomic mass is 9.98. The number of esters is 1. The van der Waals surface area contributed by atoms with Crippen molar-refractivity contribution in [2.75, 3.05) is 12.8 Å². The van der Waals surface area contributed by atoms with E-state index in [1.807, 2.05) is 0 Å². The number of methoxy groups -OCH3 is 1. The van der Waals surface area contributed by atoms with Crippen LogP contribution in [0.1, 0.15) is 15.9 Å². The van der Waals surface area contributed by atoms with E-state index in [4.69, 9.17) is 10.5 Å². The third-order valence-corrected chi connectivity index (χ3v) is 3.04. The van der Waals surface area contributed by atoms with Crippen LogP contribution in [-0.4, -0.2) is 13.1 Å². The average molecular weight is 259 g/mol. The van der Waals surface area contributed by atoms with Gasteiger partial charge in [-0.2, -0.15) is 0 Å². The predicted molar refractivity (Wildman–Crippen MR) is 72.3 cm³/mol. The van der Waals surface area contributed by atoms with E-state index in [1.165, 1.54) is 13.2 Å². The molecule has 98 valence electrons. The molecule has 0 aromatic heterocycles. The zero-order chi connectivity index (χ0) is 14.0. The van der Waals surface area contributed by atoms with Crippen LogP contribution in [0.2, 0.25) is 0 Å². The first-order chi connectivity index (χ1) is 9.04. The van der Waals surface area contributed by atoms with Gasteiger partial charge in [-0.15, -0.1) is 0 Å². The summed E-state index contributed by atoms with van der Waals surface area (Å²) >= 11 is 0. The second-order valence-corrected chi connectivity index (χ2v) is 4.21. The van der Waals surface area contributed by atoms with Gasteiger partial charge in [-0.1, -0.05) is 18.2 Å². The number of rotatable bonds is 2. The summed E-state index contributed by atoms with van der Waals surface area (Å²) in [4.78, 5) is 11.7. The average Bonchev–Trinajstić information content (AvgIpc) is 2.41. The highest BCUT2D eigenvalue weighted by molar-refractivity contribution is 5.94. The second kappa shape index (κ2) is 5.10. The van der Waals surface area contributed by atoms with Gasteiger partial charge in [-0.3, -0.25) is 0 Å². The Morgan fingerprint density at radius 2 is 1.95 bits per heavy atom. The molecule has 0 saturated carbocycles. The monoisotopic (exact) mass is 259 g/mol. The number of benzene rings is 2. The quantitative estimate of drug-likeness (QED) is 0.665. The fourth-order valence-corrected chi connectivity index (χ4v) is 1.91. The number of carbonyl (C=O) groups excluding carboxylic acids is 1. The Bertz CT molecular complexity index is 638. The van der Waals surface area contributed by atoms with E-state index in [0.29, 0.717) is 27.9 Å². The van der Waals surface area contributed by atoms with Gasteiger partial charge in [-0.05, 0) is 36.2 Å². The van der Waals surface area contributed by atoms with Gasteiger partial charge in [0.15, 0.2) is 0 Å². The molecular formula is C15H14FNO2. The summed E-state index contributed by atoms with van der Waals surface area (Å²) in [6, 6.07) is 9.59. The Kier molecular flexibility index (Phi) is 3.51. The zero-order valence-electron chi connectivity index (χ0n) is 10.7. The largest absolute Gasteiger partial charge is 0.465 e. The molecule has 2 rings (SSSR count). The van der Waals surface area contributed by atoms with Gasteiger partial charge in [0, 0.05) is 11.3 Å². The van der Waals surface area contributed by atoms with Gasteiger partial charge in [0.25, 0.3) is 0 Å². The summed E-state index contributed by atoms with van der Waals surface area (Å²) in [6.07, 6.45) is 0. The van der Waals surface area contributed by atoms with E-state index in [1.54, 1.807) is 37.3 Å². The number of anilines is 1. The molecule has 2 N–H and O–H groups in total. The molecule has 0 aliphatic heterocycles. The minimum absolute atomic E-state index is 0.348. The number of halogens is 1. The number of carbonyl (C=O) groups is 1. The molecule has 0 fully saturated rings. The molecule has 0 radical (unpaired) electrons. The molecule has 0 bridgehead atoms. The lowest BCUT2D eigenvalue weighted by molar-refractivity contribution is 0.0600. The van der Waals surface area contributed by atoms with Crippen molar-refractivity contribution < 1.29 is 13.9 Å². The highest BCUT2D eigenvalue weighted by Crippen LogP contribution is 2.29. The summed E-state index contributed by atoms with van der Waals surface area (Å²) in [5, 5.41) is 0. The summed E-state index contributed by atoms with van der Waals surface area (Å²) in [7, 11) is 1.30. The van der Waals surface area contributed by atoms with Crippen LogP contribution in [0, 0.1) is 12.7 Å². The molecule has 0 unspecified atom stereocenters. The van der Waals surface area contributed by atoms with Gasteiger partial charge in [0.05, 0.1) is 12.7 Å². The van der Waals surface area contributed by atoms with Gasteiger partial charge in [-0.25, -0.2) is 9.18 Å². The highest BCUT2D eigenvalue weighted by Gasteiger charge is 2.15.